The van der Waals surface area contributed by atoms with E-state index in [1.54, 1.807) is 35.2 Å². The van der Waals surface area contributed by atoms with Gasteiger partial charge in [-0.05, 0) is 31.0 Å². The van der Waals surface area contributed by atoms with Crippen molar-refractivity contribution < 1.29 is 19.1 Å². The van der Waals surface area contributed by atoms with Crippen LogP contribution in [0.3, 0.4) is 0 Å². The number of para-hydroxylation sites is 2. The van der Waals surface area contributed by atoms with Gasteiger partial charge in [-0.2, -0.15) is 0 Å². The molecule has 2 aliphatic rings. The van der Waals surface area contributed by atoms with Crippen LogP contribution < -0.4 is 20.3 Å². The van der Waals surface area contributed by atoms with Crippen LogP contribution in [0.15, 0.2) is 59.5 Å². The Bertz CT molecular complexity index is 1230. The molecule has 0 bridgehead atoms. The van der Waals surface area contributed by atoms with Crippen LogP contribution >= 0.6 is 0 Å². The maximum Gasteiger partial charge on any atom is 0.267 e. The fourth-order valence-electron chi connectivity index (χ4n) is 4.25. The van der Waals surface area contributed by atoms with E-state index in [0.29, 0.717) is 53.8 Å². The normalized spacial score (nSPS) is 18.4. The van der Waals surface area contributed by atoms with Crippen LogP contribution in [0.4, 0.5) is 0 Å². The first kappa shape index (κ1) is 20.1. The molecule has 1 atom stereocenters. The Balaban J connectivity index is 1.20. The smallest absolute Gasteiger partial charge is 0.267 e. The molecule has 0 saturated carbocycles. The number of nitrogens with zero attached hydrogens (tertiary/aromatic N) is 1. The lowest BCUT2D eigenvalue weighted by Crippen LogP contribution is -2.52. The number of ether oxygens (including phenoxy) is 2. The van der Waals surface area contributed by atoms with Crippen molar-refractivity contribution in [1.29, 1.82) is 0 Å². The summed E-state index contributed by atoms with van der Waals surface area (Å²) in [5.41, 5.74) is 0.214. The van der Waals surface area contributed by atoms with Crippen molar-refractivity contribution in [3.05, 3.63) is 70.6 Å². The number of aromatic amines is 1. The Morgan fingerprint density at radius 1 is 0.969 bits per heavy atom. The number of H-pyrrole nitrogens is 1. The molecular weight excluding hydrogens is 410 g/mol. The number of hydrogen-bond acceptors (Lipinski definition) is 5. The summed E-state index contributed by atoms with van der Waals surface area (Å²) < 4.78 is 11.5. The first-order valence-electron chi connectivity index (χ1n) is 10.7. The van der Waals surface area contributed by atoms with Crippen LogP contribution in [0.5, 0.6) is 11.5 Å². The minimum absolute atomic E-state index is 0.0542. The van der Waals surface area contributed by atoms with Crippen molar-refractivity contribution in [1.82, 2.24) is 15.2 Å². The molecule has 8 heteroatoms. The predicted molar refractivity (Wildman–Crippen MR) is 118 cm³/mol. The number of fused-ring (bicyclic) bond motifs is 2. The standard InChI is InChI=1S/C24H23N3O5/c28-22-17-6-2-1-5-16(17)18(13-25-22)23(29)26-15-9-11-27(12-10-15)24(30)21-14-31-19-7-3-4-8-20(19)32-21/h1-8,13,15,21H,9-12,14H2,(H,25,28)(H,26,29). The van der Waals surface area contributed by atoms with Crippen LogP contribution in [-0.4, -0.2) is 53.5 Å². The molecule has 0 aliphatic carbocycles. The van der Waals surface area contributed by atoms with Gasteiger partial charge < -0.3 is 24.7 Å². The molecule has 2 amide bonds. The lowest BCUT2D eigenvalue weighted by molar-refractivity contribution is -0.142. The van der Waals surface area contributed by atoms with Crippen molar-refractivity contribution in [2.24, 2.45) is 0 Å². The highest BCUT2D eigenvalue weighted by atomic mass is 16.6. The third-order valence-corrected chi connectivity index (χ3v) is 5.98. The van der Waals surface area contributed by atoms with Gasteiger partial charge in [-0.25, -0.2) is 0 Å². The number of amides is 2. The van der Waals surface area contributed by atoms with Crippen molar-refractivity contribution in [2.75, 3.05) is 19.7 Å². The molecule has 2 aromatic carbocycles. The molecule has 3 aromatic rings. The predicted octanol–water partition coefficient (Wildman–Crippen LogP) is 2.09. The van der Waals surface area contributed by atoms with E-state index in [0.717, 1.165) is 0 Å². The number of benzene rings is 2. The summed E-state index contributed by atoms with van der Waals surface area (Å²) in [5.74, 6) is 0.888. The Morgan fingerprint density at radius 3 is 2.44 bits per heavy atom. The Labute approximate surface area is 184 Å². The Hall–Kier alpha value is -3.81. The third kappa shape index (κ3) is 3.79. The summed E-state index contributed by atoms with van der Waals surface area (Å²) in [6, 6.07) is 14.3. The third-order valence-electron chi connectivity index (χ3n) is 5.98. The monoisotopic (exact) mass is 433 g/mol. The van der Waals surface area contributed by atoms with E-state index in [9.17, 15) is 14.4 Å². The molecule has 5 rings (SSSR count). The first-order valence-corrected chi connectivity index (χ1v) is 10.7. The highest BCUT2D eigenvalue weighted by Gasteiger charge is 2.33. The van der Waals surface area contributed by atoms with Crippen molar-refractivity contribution in [3.8, 4) is 11.5 Å². The second-order valence-corrected chi connectivity index (χ2v) is 8.01. The van der Waals surface area contributed by atoms with E-state index in [4.69, 9.17) is 9.47 Å². The van der Waals surface area contributed by atoms with Crippen molar-refractivity contribution in [2.45, 2.75) is 25.0 Å². The summed E-state index contributed by atoms with van der Waals surface area (Å²) in [6.07, 6.45) is 2.08. The van der Waals surface area contributed by atoms with Gasteiger partial charge in [-0.3, -0.25) is 14.4 Å². The maximum absolute atomic E-state index is 12.9. The highest BCUT2D eigenvalue weighted by Crippen LogP contribution is 2.31. The zero-order valence-electron chi connectivity index (χ0n) is 17.4. The fourth-order valence-corrected chi connectivity index (χ4v) is 4.25. The average Bonchev–Trinajstić information content (AvgIpc) is 2.84. The summed E-state index contributed by atoms with van der Waals surface area (Å²) in [6.45, 7) is 1.24. The summed E-state index contributed by atoms with van der Waals surface area (Å²) in [4.78, 5) is 42.2. The van der Waals surface area contributed by atoms with E-state index < -0.39 is 6.10 Å². The molecule has 32 heavy (non-hydrogen) atoms. The van der Waals surface area contributed by atoms with Gasteiger partial charge in [0.05, 0.1) is 5.56 Å². The Morgan fingerprint density at radius 2 is 1.66 bits per heavy atom. The van der Waals surface area contributed by atoms with Crippen molar-refractivity contribution >= 4 is 22.6 Å². The molecule has 0 spiro atoms. The van der Waals surface area contributed by atoms with Crippen LogP contribution in [0.1, 0.15) is 23.2 Å². The molecule has 1 unspecified atom stereocenters. The number of piperidine rings is 1. The number of likely N-dealkylation sites (tertiary alicyclic amines) is 1. The van der Waals surface area contributed by atoms with Gasteiger partial charge in [-0.1, -0.05) is 30.3 Å². The van der Waals surface area contributed by atoms with Crippen LogP contribution in [0, 0.1) is 0 Å². The van der Waals surface area contributed by atoms with Gasteiger partial charge in [0.2, 0.25) is 6.10 Å². The molecule has 1 saturated heterocycles. The molecule has 1 aromatic heterocycles. The zero-order valence-corrected chi connectivity index (χ0v) is 17.4. The lowest BCUT2D eigenvalue weighted by Gasteiger charge is -2.35. The largest absolute Gasteiger partial charge is 0.485 e. The Kier molecular flexibility index (Phi) is 5.26. The number of carbonyl (C=O) groups is 2. The number of carbonyl (C=O) groups excluding carboxylic acids is 2. The lowest BCUT2D eigenvalue weighted by atomic mass is 10.0. The van der Waals surface area contributed by atoms with Crippen LogP contribution in [0.2, 0.25) is 0 Å². The van der Waals surface area contributed by atoms with E-state index in [1.165, 1.54) is 6.20 Å². The average molecular weight is 433 g/mol. The molecule has 3 heterocycles. The number of nitrogens with one attached hydrogen (secondary N) is 2. The van der Waals surface area contributed by atoms with Gasteiger partial charge in [-0.15, -0.1) is 0 Å². The molecule has 2 N–H and O–H groups in total. The molecule has 2 aliphatic heterocycles. The number of pyridine rings is 1. The number of aromatic nitrogens is 1. The summed E-state index contributed by atoms with van der Waals surface area (Å²) in [7, 11) is 0. The van der Waals surface area contributed by atoms with Crippen molar-refractivity contribution in [3.63, 3.8) is 0 Å². The maximum atomic E-state index is 12.9. The second-order valence-electron chi connectivity index (χ2n) is 8.01. The fraction of sp³-hybridized carbons (Fsp3) is 0.292. The molecule has 164 valence electrons. The second kappa shape index (κ2) is 8.37. The number of hydrogen-bond donors (Lipinski definition) is 2. The van der Waals surface area contributed by atoms with Gasteiger partial charge in [0.1, 0.15) is 6.61 Å². The molecule has 1 fully saturated rings. The number of rotatable bonds is 3. The van der Waals surface area contributed by atoms with Gasteiger partial charge in [0.25, 0.3) is 17.4 Å². The van der Waals surface area contributed by atoms with Gasteiger partial charge in [0, 0.05) is 36.1 Å². The van der Waals surface area contributed by atoms with Crippen LogP contribution in [0.25, 0.3) is 10.8 Å². The molecule has 8 nitrogen and oxygen atoms in total. The van der Waals surface area contributed by atoms with Crippen LogP contribution in [-0.2, 0) is 4.79 Å². The van der Waals surface area contributed by atoms with E-state index in [2.05, 4.69) is 10.3 Å². The summed E-state index contributed by atoms with van der Waals surface area (Å²) >= 11 is 0. The quantitative estimate of drug-likeness (QED) is 0.659. The minimum Gasteiger partial charge on any atom is -0.485 e. The van der Waals surface area contributed by atoms with E-state index >= 15 is 0 Å². The summed E-state index contributed by atoms with van der Waals surface area (Å²) in [5, 5.41) is 4.15. The van der Waals surface area contributed by atoms with Gasteiger partial charge in [0.15, 0.2) is 11.5 Å². The topological polar surface area (TPSA) is 101 Å². The molecule has 0 radical (unpaired) electrons. The van der Waals surface area contributed by atoms with E-state index in [-0.39, 0.29) is 30.0 Å². The molecular formula is C24H23N3O5. The first-order chi connectivity index (χ1) is 15.6. The zero-order chi connectivity index (χ0) is 22.1. The van der Waals surface area contributed by atoms with E-state index in [1.807, 2.05) is 18.2 Å². The minimum atomic E-state index is -0.663. The highest BCUT2D eigenvalue weighted by molar-refractivity contribution is 6.06. The SMILES string of the molecule is O=C(NC1CCN(C(=O)C2COc3ccccc3O2)CC1)c1c[nH]c(=O)c2ccccc12. The van der Waals surface area contributed by atoms with Gasteiger partial charge >= 0.3 is 0 Å².